The van der Waals surface area contributed by atoms with Gasteiger partial charge in [0.05, 0.1) is 5.69 Å². The van der Waals surface area contributed by atoms with Crippen LogP contribution in [0.1, 0.15) is 17.1 Å². The molecule has 2 N–H and O–H groups in total. The Morgan fingerprint density at radius 3 is 2.75 bits per heavy atom. The summed E-state index contributed by atoms with van der Waals surface area (Å²) in [5.41, 5.74) is 1.44. The molecular weight excluding hydrogens is 345 g/mol. The molecule has 0 amide bonds. The first kappa shape index (κ1) is 16.3. The Hall–Kier alpha value is -2.56. The van der Waals surface area contributed by atoms with Gasteiger partial charge in [-0.15, -0.1) is 10.2 Å². The number of halogens is 3. The van der Waals surface area contributed by atoms with Crippen molar-refractivity contribution in [2.24, 2.45) is 0 Å². The van der Waals surface area contributed by atoms with E-state index in [1.807, 2.05) is 13.0 Å². The van der Waals surface area contributed by atoms with Crippen LogP contribution in [0.2, 0.25) is 0 Å². The summed E-state index contributed by atoms with van der Waals surface area (Å²) in [4.78, 5) is 16.4. The first-order chi connectivity index (χ1) is 11.3. The Bertz CT molecular complexity index is 964. The Balaban J connectivity index is 1.88. The second-order valence-electron chi connectivity index (χ2n) is 4.93. The van der Waals surface area contributed by atoms with Crippen molar-refractivity contribution < 1.29 is 13.2 Å². The molecule has 3 heterocycles. The highest BCUT2D eigenvalue weighted by Gasteiger charge is 2.38. The molecule has 0 saturated carbocycles. The summed E-state index contributed by atoms with van der Waals surface area (Å²) in [7, 11) is 0. The molecule has 3 aromatic rings. The number of nitrogens with two attached hydrogens (primary N) is 1. The third-order valence-electron chi connectivity index (χ3n) is 3.21. The predicted molar refractivity (Wildman–Crippen MR) is 80.9 cm³/mol. The summed E-state index contributed by atoms with van der Waals surface area (Å²) in [6.45, 7) is 1.81. The van der Waals surface area contributed by atoms with Crippen molar-refractivity contribution in [3.05, 3.63) is 51.8 Å². The van der Waals surface area contributed by atoms with Crippen LogP contribution in [-0.4, -0.2) is 24.3 Å². The van der Waals surface area contributed by atoms with E-state index in [4.69, 9.17) is 5.84 Å². The van der Waals surface area contributed by atoms with Crippen LogP contribution in [0.3, 0.4) is 0 Å². The van der Waals surface area contributed by atoms with Crippen molar-refractivity contribution >= 4 is 17.4 Å². The Kier molecular flexibility index (Phi) is 3.95. The van der Waals surface area contributed by atoms with E-state index in [2.05, 4.69) is 15.2 Å². The van der Waals surface area contributed by atoms with Crippen LogP contribution in [0, 0.1) is 6.92 Å². The SMILES string of the molecule is Cc1cccn2c(=O)cc(CSc3nnc(C(F)(F)F)n3N)nc12. The molecule has 0 fully saturated rings. The number of nitrogen functional groups attached to an aromatic ring is 1. The molecule has 0 aliphatic rings. The zero-order valence-corrected chi connectivity index (χ0v) is 13.1. The Labute approximate surface area is 137 Å². The minimum absolute atomic E-state index is 0.117. The highest BCUT2D eigenvalue weighted by molar-refractivity contribution is 7.98. The molecular formula is C13H11F3N6OS. The molecule has 3 aromatic heterocycles. The number of rotatable bonds is 3. The molecule has 0 unspecified atom stereocenters. The average Bonchev–Trinajstić information content (AvgIpc) is 2.87. The van der Waals surface area contributed by atoms with Crippen LogP contribution in [0.25, 0.3) is 5.65 Å². The molecule has 126 valence electrons. The maximum absolute atomic E-state index is 12.6. The molecule has 0 bridgehead atoms. The van der Waals surface area contributed by atoms with Gasteiger partial charge < -0.3 is 5.84 Å². The highest BCUT2D eigenvalue weighted by atomic mass is 32.2. The minimum Gasteiger partial charge on any atom is -0.335 e. The van der Waals surface area contributed by atoms with Gasteiger partial charge in [-0.1, -0.05) is 17.8 Å². The molecule has 0 aromatic carbocycles. The Morgan fingerprint density at radius 2 is 2.08 bits per heavy atom. The number of aromatic nitrogens is 5. The van der Waals surface area contributed by atoms with Crippen molar-refractivity contribution in [2.45, 2.75) is 24.0 Å². The predicted octanol–water partition coefficient (Wildman–Crippen LogP) is 1.62. The van der Waals surface area contributed by atoms with Crippen LogP contribution in [-0.2, 0) is 11.9 Å². The van der Waals surface area contributed by atoms with Crippen molar-refractivity contribution in [3.63, 3.8) is 0 Å². The molecule has 0 atom stereocenters. The van der Waals surface area contributed by atoms with Crippen LogP contribution >= 0.6 is 11.8 Å². The lowest BCUT2D eigenvalue weighted by Crippen LogP contribution is -2.21. The molecule has 0 radical (unpaired) electrons. The molecule has 7 nitrogen and oxygen atoms in total. The maximum Gasteiger partial charge on any atom is 0.453 e. The van der Waals surface area contributed by atoms with Gasteiger partial charge >= 0.3 is 6.18 Å². The summed E-state index contributed by atoms with van der Waals surface area (Å²) in [5.74, 6) is 4.21. The molecule has 0 saturated heterocycles. The number of hydrogen-bond donors (Lipinski definition) is 1. The van der Waals surface area contributed by atoms with E-state index in [1.165, 1.54) is 10.5 Å². The van der Waals surface area contributed by atoms with Gasteiger partial charge in [-0.3, -0.25) is 9.20 Å². The van der Waals surface area contributed by atoms with Crippen molar-refractivity contribution in [3.8, 4) is 0 Å². The number of fused-ring (bicyclic) bond motifs is 1. The molecule has 3 rings (SSSR count). The summed E-state index contributed by atoms with van der Waals surface area (Å²) in [5, 5.41) is 6.34. The van der Waals surface area contributed by atoms with Gasteiger partial charge in [0.15, 0.2) is 0 Å². The summed E-state index contributed by atoms with van der Waals surface area (Å²) in [6, 6.07) is 4.86. The topological polar surface area (TPSA) is 91.1 Å². The first-order valence-corrected chi connectivity index (χ1v) is 7.64. The quantitative estimate of drug-likeness (QED) is 0.566. The number of alkyl halides is 3. The highest BCUT2D eigenvalue weighted by Crippen LogP contribution is 2.29. The zero-order chi connectivity index (χ0) is 17.5. The molecule has 0 aliphatic heterocycles. The van der Waals surface area contributed by atoms with Gasteiger partial charge in [0.2, 0.25) is 5.16 Å². The number of aryl methyl sites for hydroxylation is 1. The fourth-order valence-corrected chi connectivity index (χ4v) is 2.84. The van der Waals surface area contributed by atoms with E-state index in [0.29, 0.717) is 16.0 Å². The second kappa shape index (κ2) is 5.82. The van der Waals surface area contributed by atoms with Crippen molar-refractivity contribution in [1.82, 2.24) is 24.3 Å². The van der Waals surface area contributed by atoms with Crippen molar-refractivity contribution in [1.29, 1.82) is 0 Å². The molecule has 11 heteroatoms. The van der Waals surface area contributed by atoms with Crippen LogP contribution in [0.15, 0.2) is 34.3 Å². The first-order valence-electron chi connectivity index (χ1n) is 6.66. The zero-order valence-electron chi connectivity index (χ0n) is 12.3. The summed E-state index contributed by atoms with van der Waals surface area (Å²) in [6.07, 6.45) is -3.08. The van der Waals surface area contributed by atoms with Gasteiger partial charge in [-0.2, -0.15) is 13.2 Å². The fraction of sp³-hybridized carbons (Fsp3) is 0.231. The number of nitrogens with zero attached hydrogens (tertiary/aromatic N) is 5. The van der Waals surface area contributed by atoms with Gasteiger partial charge in [0, 0.05) is 18.0 Å². The third kappa shape index (κ3) is 2.94. The van der Waals surface area contributed by atoms with Crippen LogP contribution in [0.5, 0.6) is 0 Å². The van der Waals surface area contributed by atoms with E-state index in [9.17, 15) is 18.0 Å². The van der Waals surface area contributed by atoms with Gasteiger partial charge in [-0.05, 0) is 18.6 Å². The average molecular weight is 356 g/mol. The Morgan fingerprint density at radius 1 is 1.33 bits per heavy atom. The summed E-state index contributed by atoms with van der Waals surface area (Å²) < 4.78 is 39.7. The maximum atomic E-state index is 12.6. The van der Waals surface area contributed by atoms with E-state index in [-0.39, 0.29) is 16.5 Å². The molecule has 24 heavy (non-hydrogen) atoms. The van der Waals surface area contributed by atoms with E-state index >= 15 is 0 Å². The third-order valence-corrected chi connectivity index (χ3v) is 4.18. The van der Waals surface area contributed by atoms with Crippen LogP contribution < -0.4 is 11.4 Å². The largest absolute Gasteiger partial charge is 0.453 e. The minimum atomic E-state index is -4.68. The van der Waals surface area contributed by atoms with Gasteiger partial charge in [-0.25, -0.2) is 9.66 Å². The number of thioether (sulfide) groups is 1. The van der Waals surface area contributed by atoms with E-state index in [1.54, 1.807) is 12.3 Å². The lowest BCUT2D eigenvalue weighted by Gasteiger charge is -2.07. The standard InChI is InChI=1S/C13H11F3N6OS/c1-7-3-2-4-21-9(23)5-8(18-10(7)21)6-24-12-20-19-11(22(12)17)13(14,15)16/h2-5H,6,17H2,1H3. The van der Waals surface area contributed by atoms with Gasteiger partial charge in [0.1, 0.15) is 5.65 Å². The second-order valence-corrected chi connectivity index (χ2v) is 5.88. The lowest BCUT2D eigenvalue weighted by atomic mass is 10.3. The molecule has 0 spiro atoms. The van der Waals surface area contributed by atoms with Crippen molar-refractivity contribution in [2.75, 3.05) is 5.84 Å². The molecule has 0 aliphatic carbocycles. The lowest BCUT2D eigenvalue weighted by molar-refractivity contribution is -0.146. The monoisotopic (exact) mass is 356 g/mol. The summed E-state index contributed by atoms with van der Waals surface area (Å²) >= 11 is 0.914. The fourth-order valence-electron chi connectivity index (χ4n) is 2.09. The number of hydrogen-bond acceptors (Lipinski definition) is 6. The van der Waals surface area contributed by atoms with Gasteiger partial charge in [0.25, 0.3) is 11.4 Å². The van der Waals surface area contributed by atoms with Crippen LogP contribution in [0.4, 0.5) is 13.2 Å². The van der Waals surface area contributed by atoms with E-state index in [0.717, 1.165) is 17.3 Å². The normalized spacial score (nSPS) is 12.0. The van der Waals surface area contributed by atoms with E-state index < -0.39 is 12.0 Å². The number of pyridine rings is 1. The smallest absolute Gasteiger partial charge is 0.335 e.